The molecule has 0 amide bonds. The van der Waals surface area contributed by atoms with Gasteiger partial charge in [0, 0.05) is 19.2 Å². The molecular formula is C13H12F2N2O. The van der Waals surface area contributed by atoms with E-state index < -0.39 is 11.6 Å². The summed E-state index contributed by atoms with van der Waals surface area (Å²) < 4.78 is 28.0. The van der Waals surface area contributed by atoms with Crippen molar-refractivity contribution in [1.82, 2.24) is 9.78 Å². The predicted molar refractivity (Wildman–Crippen MR) is 62.3 cm³/mol. The molecule has 2 rings (SSSR count). The predicted octanol–water partition coefficient (Wildman–Crippen LogP) is 2.61. The van der Waals surface area contributed by atoms with Gasteiger partial charge in [0.2, 0.25) is 0 Å². The van der Waals surface area contributed by atoms with Crippen molar-refractivity contribution in [3.8, 4) is 0 Å². The minimum absolute atomic E-state index is 0.0591. The lowest BCUT2D eigenvalue weighted by Gasteiger charge is -2.05. The van der Waals surface area contributed by atoms with Gasteiger partial charge in [0.15, 0.2) is 17.4 Å². The van der Waals surface area contributed by atoms with Crippen LogP contribution in [0.2, 0.25) is 0 Å². The van der Waals surface area contributed by atoms with Crippen LogP contribution in [0.1, 0.15) is 23.0 Å². The molecule has 1 heterocycles. The fourth-order valence-electron chi connectivity index (χ4n) is 1.77. The van der Waals surface area contributed by atoms with Crippen molar-refractivity contribution in [2.75, 3.05) is 0 Å². The van der Waals surface area contributed by atoms with E-state index in [-0.39, 0.29) is 17.8 Å². The summed E-state index contributed by atoms with van der Waals surface area (Å²) in [6, 6.07) is 5.39. The lowest BCUT2D eigenvalue weighted by Crippen LogP contribution is -2.12. The molecule has 0 spiro atoms. The smallest absolute Gasteiger partial charge is 0.185 e. The van der Waals surface area contributed by atoms with Crippen LogP contribution in [0.5, 0.6) is 0 Å². The van der Waals surface area contributed by atoms with Crippen LogP contribution in [-0.2, 0) is 13.0 Å². The van der Waals surface area contributed by atoms with Crippen LogP contribution in [0.4, 0.5) is 8.78 Å². The van der Waals surface area contributed by atoms with Gasteiger partial charge in [-0.2, -0.15) is 5.10 Å². The molecule has 3 nitrogen and oxygen atoms in total. The first-order valence-electron chi connectivity index (χ1n) is 5.61. The zero-order valence-corrected chi connectivity index (χ0v) is 9.86. The zero-order valence-electron chi connectivity index (χ0n) is 9.86. The third kappa shape index (κ3) is 2.30. The van der Waals surface area contributed by atoms with Gasteiger partial charge in [0.1, 0.15) is 5.69 Å². The van der Waals surface area contributed by atoms with Gasteiger partial charge < -0.3 is 0 Å². The Hall–Kier alpha value is -2.04. The highest BCUT2D eigenvalue weighted by molar-refractivity contribution is 5.95. The molecule has 0 radical (unpaired) electrons. The molecule has 5 heteroatoms. The first kappa shape index (κ1) is 12.4. The summed E-state index contributed by atoms with van der Waals surface area (Å²) in [4.78, 5) is 12.0. The molecule has 0 saturated carbocycles. The Morgan fingerprint density at radius 2 is 2.11 bits per heavy atom. The molecule has 0 aliphatic rings. The molecule has 18 heavy (non-hydrogen) atoms. The van der Waals surface area contributed by atoms with Crippen LogP contribution < -0.4 is 0 Å². The first-order valence-corrected chi connectivity index (χ1v) is 5.61. The molecule has 0 fully saturated rings. The summed E-state index contributed by atoms with van der Waals surface area (Å²) in [5, 5.41) is 3.97. The molecule has 0 aliphatic heterocycles. The number of halogens is 2. The Labute approximate surface area is 103 Å². The van der Waals surface area contributed by atoms with Crippen LogP contribution in [0, 0.1) is 11.6 Å². The molecule has 0 saturated heterocycles. The number of hydrogen-bond donors (Lipinski definition) is 0. The third-order valence-electron chi connectivity index (χ3n) is 2.68. The van der Waals surface area contributed by atoms with Gasteiger partial charge in [0.25, 0.3) is 0 Å². The maximum absolute atomic E-state index is 13.4. The Morgan fingerprint density at radius 1 is 1.33 bits per heavy atom. The van der Waals surface area contributed by atoms with Crippen LogP contribution >= 0.6 is 0 Å². The topological polar surface area (TPSA) is 34.9 Å². The van der Waals surface area contributed by atoms with E-state index in [1.807, 2.05) is 6.92 Å². The van der Waals surface area contributed by atoms with E-state index in [2.05, 4.69) is 5.10 Å². The fourth-order valence-corrected chi connectivity index (χ4v) is 1.77. The average molecular weight is 250 g/mol. The monoisotopic (exact) mass is 250 g/mol. The van der Waals surface area contributed by atoms with E-state index in [0.29, 0.717) is 12.2 Å². The van der Waals surface area contributed by atoms with Gasteiger partial charge in [-0.05, 0) is 24.6 Å². The molecule has 0 bridgehead atoms. The molecule has 0 aliphatic carbocycles. The summed E-state index contributed by atoms with van der Waals surface area (Å²) in [5.74, 6) is -2.18. The normalized spacial score (nSPS) is 10.6. The number of hydrogen-bond acceptors (Lipinski definition) is 2. The van der Waals surface area contributed by atoms with Crippen molar-refractivity contribution in [3.63, 3.8) is 0 Å². The molecule has 0 unspecified atom stereocenters. The molecule has 1 aromatic heterocycles. The number of aryl methyl sites for hydroxylation is 1. The minimum Gasteiger partial charge on any atom is -0.292 e. The lowest BCUT2D eigenvalue weighted by molar-refractivity contribution is 0.0981. The number of carbonyl (C=O) groups excluding carboxylic acids is 1. The molecule has 1 aromatic carbocycles. The molecule has 0 atom stereocenters. The number of rotatable bonds is 4. The number of carbonyl (C=O) groups is 1. The van der Waals surface area contributed by atoms with Gasteiger partial charge in [-0.1, -0.05) is 12.1 Å². The number of aromatic nitrogens is 2. The van der Waals surface area contributed by atoms with Crippen LogP contribution in [0.3, 0.4) is 0 Å². The lowest BCUT2D eigenvalue weighted by atomic mass is 10.1. The highest BCUT2D eigenvalue weighted by Gasteiger charge is 2.15. The highest BCUT2D eigenvalue weighted by atomic mass is 19.2. The molecule has 0 N–H and O–H groups in total. The largest absolute Gasteiger partial charge is 0.292 e. The van der Waals surface area contributed by atoms with Crippen LogP contribution in [0.15, 0.2) is 30.5 Å². The average Bonchev–Trinajstić information content (AvgIpc) is 2.83. The second-order valence-electron chi connectivity index (χ2n) is 3.85. The number of ketones is 1. The van der Waals surface area contributed by atoms with Crippen molar-refractivity contribution in [2.45, 2.75) is 19.9 Å². The summed E-state index contributed by atoms with van der Waals surface area (Å²) >= 11 is 0. The SMILES string of the molecule is CCn1nccc1C(=O)Cc1cccc(F)c1F. The van der Waals surface area contributed by atoms with Gasteiger partial charge in [-0.3, -0.25) is 9.48 Å². The van der Waals surface area contributed by atoms with Crippen molar-refractivity contribution in [2.24, 2.45) is 0 Å². The van der Waals surface area contributed by atoms with Crippen molar-refractivity contribution < 1.29 is 13.6 Å². The minimum atomic E-state index is -0.964. The number of benzene rings is 1. The van der Waals surface area contributed by atoms with E-state index in [4.69, 9.17) is 0 Å². The second kappa shape index (κ2) is 5.08. The van der Waals surface area contributed by atoms with Gasteiger partial charge in [-0.15, -0.1) is 0 Å². The molecular weight excluding hydrogens is 238 g/mol. The van der Waals surface area contributed by atoms with Crippen LogP contribution in [-0.4, -0.2) is 15.6 Å². The van der Waals surface area contributed by atoms with E-state index in [1.165, 1.54) is 23.0 Å². The van der Waals surface area contributed by atoms with Crippen molar-refractivity contribution in [3.05, 3.63) is 53.4 Å². The second-order valence-corrected chi connectivity index (χ2v) is 3.85. The van der Waals surface area contributed by atoms with E-state index in [9.17, 15) is 13.6 Å². The highest BCUT2D eigenvalue weighted by Crippen LogP contribution is 2.14. The van der Waals surface area contributed by atoms with Gasteiger partial charge in [-0.25, -0.2) is 8.78 Å². The Balaban J connectivity index is 2.24. The maximum atomic E-state index is 13.4. The van der Waals surface area contributed by atoms with E-state index in [1.54, 1.807) is 6.07 Å². The van der Waals surface area contributed by atoms with E-state index >= 15 is 0 Å². The standard InChI is InChI=1S/C13H12F2N2O/c1-2-17-11(6-7-16-17)12(18)8-9-4-3-5-10(14)13(9)15/h3-7H,2,8H2,1H3. The van der Waals surface area contributed by atoms with Crippen molar-refractivity contribution in [1.29, 1.82) is 0 Å². The molecule has 2 aromatic rings. The first-order chi connectivity index (χ1) is 8.63. The zero-order chi connectivity index (χ0) is 13.1. The van der Waals surface area contributed by atoms with Gasteiger partial charge >= 0.3 is 0 Å². The summed E-state index contributed by atoms with van der Waals surface area (Å²) in [7, 11) is 0. The summed E-state index contributed by atoms with van der Waals surface area (Å²) in [6.07, 6.45) is 1.34. The van der Waals surface area contributed by atoms with Gasteiger partial charge in [0.05, 0.1) is 0 Å². The van der Waals surface area contributed by atoms with E-state index in [0.717, 1.165) is 6.07 Å². The quantitative estimate of drug-likeness (QED) is 0.782. The Bertz CT molecular complexity index is 578. The number of nitrogens with zero attached hydrogens (tertiary/aromatic N) is 2. The van der Waals surface area contributed by atoms with Crippen LogP contribution in [0.25, 0.3) is 0 Å². The third-order valence-corrected chi connectivity index (χ3v) is 2.68. The fraction of sp³-hybridized carbons (Fsp3) is 0.231. The number of Topliss-reactive ketones (excluding diaryl/α,β-unsaturated/α-hetero) is 1. The summed E-state index contributed by atoms with van der Waals surface area (Å²) in [6.45, 7) is 2.41. The Morgan fingerprint density at radius 3 is 2.83 bits per heavy atom. The molecule has 94 valence electrons. The Kier molecular flexibility index (Phi) is 3.50. The van der Waals surface area contributed by atoms with Crippen molar-refractivity contribution >= 4 is 5.78 Å². The maximum Gasteiger partial charge on any atom is 0.185 e. The summed E-state index contributed by atoms with van der Waals surface area (Å²) in [5.41, 5.74) is 0.463.